The number of pyridine rings is 1. The van der Waals surface area contributed by atoms with Crippen molar-refractivity contribution in [2.75, 3.05) is 24.4 Å². The standard InChI is InChI=1S/C26H27N3O5S/c30-25(17-34-22-9-5-2-6-10-22)28-14-20-13-21(16-28)24-12-11-23(26(31)29(24)15-20)27-35(32,33)18-19-7-3-1-4-8-19/h1-12,20-21,27H,13-18H2/t20-,21-/m1/s1. The quantitative estimate of drug-likeness (QED) is 0.546. The molecule has 1 saturated heterocycles. The number of likely N-dealkylation sites (tertiary alicyclic amines) is 1. The number of aromatic nitrogens is 1. The lowest BCUT2D eigenvalue weighted by Gasteiger charge is -2.42. The minimum atomic E-state index is -3.73. The first-order valence-corrected chi connectivity index (χ1v) is 13.3. The lowest BCUT2D eigenvalue weighted by molar-refractivity contribution is -0.136. The van der Waals surface area contributed by atoms with E-state index in [2.05, 4.69) is 4.72 Å². The van der Waals surface area contributed by atoms with Gasteiger partial charge in [-0.15, -0.1) is 0 Å². The third kappa shape index (κ3) is 5.24. The third-order valence-electron chi connectivity index (χ3n) is 6.53. The maximum atomic E-state index is 13.2. The Labute approximate surface area is 204 Å². The molecule has 35 heavy (non-hydrogen) atoms. The van der Waals surface area contributed by atoms with Crippen LogP contribution in [0.15, 0.2) is 77.6 Å². The molecule has 2 aromatic carbocycles. The second-order valence-electron chi connectivity index (χ2n) is 9.13. The van der Waals surface area contributed by atoms with Crippen LogP contribution in [0.3, 0.4) is 0 Å². The smallest absolute Gasteiger partial charge is 0.275 e. The molecule has 1 aromatic heterocycles. The average molecular weight is 494 g/mol. The number of amides is 1. The second kappa shape index (κ2) is 9.58. The number of ether oxygens (including phenoxy) is 1. The molecule has 0 spiro atoms. The fourth-order valence-corrected chi connectivity index (χ4v) is 6.17. The van der Waals surface area contributed by atoms with Gasteiger partial charge in [-0.25, -0.2) is 8.42 Å². The van der Waals surface area contributed by atoms with Gasteiger partial charge in [0.25, 0.3) is 11.5 Å². The number of fused-ring (bicyclic) bond motifs is 4. The zero-order chi connectivity index (χ0) is 24.4. The van der Waals surface area contributed by atoms with Crippen LogP contribution in [0.4, 0.5) is 5.69 Å². The van der Waals surface area contributed by atoms with Gasteiger partial charge in [0.15, 0.2) is 6.61 Å². The number of carbonyl (C=O) groups excluding carboxylic acids is 1. The van der Waals surface area contributed by atoms with Crippen LogP contribution in [-0.4, -0.2) is 43.5 Å². The molecule has 1 amide bonds. The van der Waals surface area contributed by atoms with Gasteiger partial charge in [0.05, 0.1) is 5.75 Å². The zero-order valence-electron chi connectivity index (χ0n) is 19.2. The summed E-state index contributed by atoms with van der Waals surface area (Å²) in [7, 11) is -3.73. The Morgan fingerprint density at radius 1 is 0.943 bits per heavy atom. The first-order chi connectivity index (χ1) is 16.9. The largest absolute Gasteiger partial charge is 0.484 e. The molecule has 9 heteroatoms. The Morgan fingerprint density at radius 3 is 2.40 bits per heavy atom. The van der Waals surface area contributed by atoms with Crippen molar-refractivity contribution in [3.8, 4) is 5.75 Å². The Morgan fingerprint density at radius 2 is 1.66 bits per heavy atom. The molecular formula is C26H27N3O5S. The zero-order valence-corrected chi connectivity index (χ0v) is 20.0. The van der Waals surface area contributed by atoms with Crippen molar-refractivity contribution in [1.82, 2.24) is 9.47 Å². The maximum absolute atomic E-state index is 13.2. The molecule has 1 N–H and O–H groups in total. The summed E-state index contributed by atoms with van der Waals surface area (Å²) in [5.74, 6) is 0.506. The van der Waals surface area contributed by atoms with Crippen LogP contribution in [0, 0.1) is 5.92 Å². The Balaban J connectivity index is 1.29. The number of rotatable bonds is 7. The molecule has 1 fully saturated rings. The molecule has 3 heterocycles. The van der Waals surface area contributed by atoms with Crippen molar-refractivity contribution in [2.45, 2.75) is 24.6 Å². The summed E-state index contributed by atoms with van der Waals surface area (Å²) in [6.45, 7) is 1.47. The van der Waals surface area contributed by atoms with Crippen LogP contribution in [0.5, 0.6) is 5.75 Å². The lowest BCUT2D eigenvalue weighted by Crippen LogP contribution is -2.50. The number of hydrogen-bond acceptors (Lipinski definition) is 5. The molecule has 0 unspecified atom stereocenters. The van der Waals surface area contributed by atoms with E-state index < -0.39 is 10.0 Å². The van der Waals surface area contributed by atoms with Gasteiger partial charge in [0, 0.05) is 31.2 Å². The summed E-state index contributed by atoms with van der Waals surface area (Å²) < 4.78 is 35.1. The minimum absolute atomic E-state index is 0.0193. The van der Waals surface area contributed by atoms with Crippen LogP contribution in [0.1, 0.15) is 23.6 Å². The van der Waals surface area contributed by atoms with Crippen molar-refractivity contribution in [1.29, 1.82) is 0 Å². The first-order valence-electron chi connectivity index (χ1n) is 11.6. The molecule has 2 aliphatic rings. The maximum Gasteiger partial charge on any atom is 0.275 e. The number of nitrogens with one attached hydrogen (secondary N) is 1. The van der Waals surface area contributed by atoms with Crippen LogP contribution < -0.4 is 15.0 Å². The normalized spacial score (nSPS) is 19.0. The summed E-state index contributed by atoms with van der Waals surface area (Å²) in [6.07, 6.45) is 0.891. The van der Waals surface area contributed by atoms with E-state index in [1.807, 2.05) is 41.3 Å². The molecule has 2 bridgehead atoms. The van der Waals surface area contributed by atoms with Crippen LogP contribution >= 0.6 is 0 Å². The Hall–Kier alpha value is -3.59. The highest BCUT2D eigenvalue weighted by Gasteiger charge is 2.37. The monoisotopic (exact) mass is 493 g/mol. The molecule has 2 atom stereocenters. The molecule has 0 radical (unpaired) electrons. The Bertz CT molecular complexity index is 1370. The fraction of sp³-hybridized carbons (Fsp3) is 0.308. The van der Waals surface area contributed by atoms with Crippen molar-refractivity contribution >= 4 is 21.6 Å². The molecule has 5 rings (SSSR count). The van der Waals surface area contributed by atoms with E-state index >= 15 is 0 Å². The van der Waals surface area contributed by atoms with Gasteiger partial charge < -0.3 is 14.2 Å². The van der Waals surface area contributed by atoms with Gasteiger partial charge in [-0.3, -0.25) is 14.3 Å². The molecular weight excluding hydrogens is 466 g/mol. The second-order valence-corrected chi connectivity index (χ2v) is 10.9. The number of carbonyl (C=O) groups is 1. The van der Waals surface area contributed by atoms with Gasteiger partial charge in [-0.1, -0.05) is 48.5 Å². The predicted octanol–water partition coefficient (Wildman–Crippen LogP) is 2.81. The Kier molecular flexibility index (Phi) is 6.34. The summed E-state index contributed by atoms with van der Waals surface area (Å²) in [5, 5.41) is 0. The van der Waals surface area contributed by atoms with Crippen LogP contribution in [0.25, 0.3) is 0 Å². The van der Waals surface area contributed by atoms with Crippen molar-refractivity contribution < 1.29 is 17.9 Å². The number of piperidine rings is 1. The molecule has 3 aromatic rings. The highest BCUT2D eigenvalue weighted by molar-refractivity contribution is 7.91. The van der Waals surface area contributed by atoms with Crippen molar-refractivity contribution in [3.05, 3.63) is 94.4 Å². The van der Waals surface area contributed by atoms with E-state index in [1.165, 1.54) is 6.07 Å². The summed E-state index contributed by atoms with van der Waals surface area (Å²) in [6, 6.07) is 21.4. The number of sulfonamides is 1. The highest BCUT2D eigenvalue weighted by Crippen LogP contribution is 2.35. The van der Waals surface area contributed by atoms with E-state index in [4.69, 9.17) is 4.74 Å². The van der Waals surface area contributed by atoms with E-state index in [9.17, 15) is 18.0 Å². The topological polar surface area (TPSA) is 97.7 Å². The van der Waals surface area contributed by atoms with Gasteiger partial charge >= 0.3 is 0 Å². The van der Waals surface area contributed by atoms with Gasteiger partial charge in [0.1, 0.15) is 11.4 Å². The minimum Gasteiger partial charge on any atom is -0.484 e. The average Bonchev–Trinajstić information content (AvgIpc) is 2.85. The number of para-hydroxylation sites is 1. The summed E-state index contributed by atoms with van der Waals surface area (Å²) >= 11 is 0. The van der Waals surface area contributed by atoms with E-state index in [1.54, 1.807) is 34.9 Å². The lowest BCUT2D eigenvalue weighted by atomic mass is 9.83. The SMILES string of the molecule is O=C(COc1ccccc1)N1C[C@H]2C[C@H](C1)c1ccc(NS(=O)(=O)Cc3ccccc3)c(=O)n1C2. The molecule has 182 valence electrons. The van der Waals surface area contributed by atoms with E-state index in [0.717, 1.165) is 12.1 Å². The highest BCUT2D eigenvalue weighted by atomic mass is 32.2. The number of hydrogen-bond donors (Lipinski definition) is 1. The van der Waals surface area contributed by atoms with Crippen molar-refractivity contribution in [2.24, 2.45) is 5.92 Å². The molecule has 8 nitrogen and oxygen atoms in total. The van der Waals surface area contributed by atoms with Crippen molar-refractivity contribution in [3.63, 3.8) is 0 Å². The van der Waals surface area contributed by atoms with Gasteiger partial charge in [-0.05, 0) is 42.2 Å². The van der Waals surface area contributed by atoms with Crippen LogP contribution in [0.2, 0.25) is 0 Å². The van der Waals surface area contributed by atoms with E-state index in [-0.39, 0.29) is 41.3 Å². The fourth-order valence-electron chi connectivity index (χ4n) is 4.98. The molecule has 0 saturated carbocycles. The van der Waals surface area contributed by atoms with E-state index in [0.29, 0.717) is 30.9 Å². The summed E-state index contributed by atoms with van der Waals surface area (Å²) in [5.41, 5.74) is 1.18. The van der Waals surface area contributed by atoms with Crippen LogP contribution in [-0.2, 0) is 27.1 Å². The number of nitrogens with zero attached hydrogens (tertiary/aromatic N) is 2. The number of anilines is 1. The predicted molar refractivity (Wildman–Crippen MR) is 133 cm³/mol. The number of benzene rings is 2. The molecule has 2 aliphatic heterocycles. The van der Waals surface area contributed by atoms with Gasteiger partial charge in [0.2, 0.25) is 10.0 Å². The first kappa shape index (κ1) is 23.2. The third-order valence-corrected chi connectivity index (χ3v) is 7.77. The molecule has 0 aliphatic carbocycles. The van der Waals surface area contributed by atoms with Gasteiger partial charge in [-0.2, -0.15) is 0 Å². The summed E-state index contributed by atoms with van der Waals surface area (Å²) in [4.78, 5) is 27.8.